The quantitative estimate of drug-likeness (QED) is 0.187. The van der Waals surface area contributed by atoms with Gasteiger partial charge in [-0.2, -0.15) is 5.26 Å². The lowest BCUT2D eigenvalue weighted by Crippen LogP contribution is -2.28. The van der Waals surface area contributed by atoms with Gasteiger partial charge in [0.2, 0.25) is 5.96 Å². The normalized spacial score (nSPS) is 10.1. The third-order valence-electron chi connectivity index (χ3n) is 0.569. The third kappa shape index (κ3) is 4.39. The van der Waals surface area contributed by atoms with Crippen LogP contribution in [-0.4, -0.2) is 23.6 Å². The molecule has 0 saturated heterocycles. The minimum atomic E-state index is -1.09. The van der Waals surface area contributed by atoms with Crippen molar-refractivity contribution in [3.8, 4) is 6.19 Å². The highest BCUT2D eigenvalue weighted by molar-refractivity contribution is 5.81. The van der Waals surface area contributed by atoms with E-state index in [2.05, 4.69) is 4.99 Å². The van der Waals surface area contributed by atoms with Gasteiger partial charge < -0.3 is 10.8 Å². The van der Waals surface area contributed by atoms with E-state index in [9.17, 15) is 4.79 Å². The average Bonchev–Trinajstić information content (AvgIpc) is 1.85. The number of nitrogens with one attached hydrogen (secondary N) is 1. The van der Waals surface area contributed by atoms with Gasteiger partial charge in [0.25, 0.3) is 0 Å². The van der Waals surface area contributed by atoms with Crippen LogP contribution in [0.1, 0.15) is 0 Å². The van der Waals surface area contributed by atoms with E-state index < -0.39 is 12.5 Å². The fourth-order valence-corrected chi connectivity index (χ4v) is 0.250. The number of nitriles is 1. The Hall–Kier alpha value is -1.77. The number of carboxylic acid groups (broad SMARTS) is 1. The monoisotopic (exact) mass is 142 g/mol. The molecule has 0 bridgehead atoms. The summed E-state index contributed by atoms with van der Waals surface area (Å²) in [4.78, 5) is 13.1. The van der Waals surface area contributed by atoms with Crippen molar-refractivity contribution in [2.75, 3.05) is 6.54 Å². The van der Waals surface area contributed by atoms with Crippen LogP contribution >= 0.6 is 0 Å². The van der Waals surface area contributed by atoms with E-state index in [0.717, 1.165) is 0 Å². The molecule has 0 atom stereocenters. The summed E-state index contributed by atoms with van der Waals surface area (Å²) in [6, 6.07) is 0. The Bertz CT molecular complexity index is 192. The molecule has 10 heavy (non-hydrogen) atoms. The number of hydrogen-bond acceptors (Lipinski definition) is 3. The maximum atomic E-state index is 9.83. The number of guanidine groups is 1. The number of aliphatic imine (C=N–C) groups is 1. The first-order chi connectivity index (χ1) is 4.66. The number of nitrogens with zero attached hydrogens (tertiary/aromatic N) is 2. The van der Waals surface area contributed by atoms with Gasteiger partial charge in [-0.15, -0.1) is 0 Å². The van der Waals surface area contributed by atoms with Gasteiger partial charge in [0, 0.05) is 0 Å². The molecular formula is C4H6N4O2. The standard InChI is InChI=1S/C4H6N4O2/c5-2-8-4(6)7-1-3(9)10/h1H2,(H,9,10)(H3,6,7,8). The van der Waals surface area contributed by atoms with Crippen molar-refractivity contribution in [3.63, 3.8) is 0 Å². The van der Waals surface area contributed by atoms with E-state index in [1.807, 2.05) is 5.32 Å². The molecule has 0 aliphatic rings. The predicted molar refractivity (Wildman–Crippen MR) is 32.9 cm³/mol. The summed E-state index contributed by atoms with van der Waals surface area (Å²) in [7, 11) is 0. The fraction of sp³-hybridized carbons (Fsp3) is 0.250. The maximum Gasteiger partial charge on any atom is 0.325 e. The van der Waals surface area contributed by atoms with Gasteiger partial charge in [0.15, 0.2) is 6.19 Å². The number of nitrogens with two attached hydrogens (primary N) is 1. The van der Waals surface area contributed by atoms with E-state index in [1.54, 1.807) is 0 Å². The van der Waals surface area contributed by atoms with Crippen molar-refractivity contribution in [2.24, 2.45) is 10.7 Å². The summed E-state index contributed by atoms with van der Waals surface area (Å²) < 4.78 is 0. The minimum Gasteiger partial charge on any atom is -0.480 e. The van der Waals surface area contributed by atoms with Gasteiger partial charge in [-0.1, -0.05) is 0 Å². The Kier molecular flexibility index (Phi) is 3.41. The Morgan fingerprint density at radius 2 is 2.50 bits per heavy atom. The van der Waals surface area contributed by atoms with Crippen LogP contribution < -0.4 is 11.1 Å². The van der Waals surface area contributed by atoms with Crippen LogP contribution in [0.5, 0.6) is 0 Å². The van der Waals surface area contributed by atoms with Crippen LogP contribution in [0.15, 0.2) is 4.99 Å². The number of aliphatic carboxylic acids is 1. The molecule has 0 aliphatic carbocycles. The van der Waals surface area contributed by atoms with Crippen molar-refractivity contribution in [1.29, 1.82) is 5.26 Å². The molecule has 0 unspecified atom stereocenters. The molecular weight excluding hydrogens is 136 g/mol. The third-order valence-corrected chi connectivity index (χ3v) is 0.569. The Morgan fingerprint density at radius 3 is 2.90 bits per heavy atom. The summed E-state index contributed by atoms with van der Waals surface area (Å²) in [6.45, 7) is -0.430. The molecule has 0 spiro atoms. The van der Waals surface area contributed by atoms with E-state index >= 15 is 0 Å². The zero-order chi connectivity index (χ0) is 7.98. The van der Waals surface area contributed by atoms with Crippen LogP contribution in [0.4, 0.5) is 0 Å². The largest absolute Gasteiger partial charge is 0.480 e. The number of carboxylic acids is 1. The number of rotatable bonds is 2. The first-order valence-electron chi connectivity index (χ1n) is 2.33. The molecule has 6 nitrogen and oxygen atoms in total. The van der Waals surface area contributed by atoms with Crippen molar-refractivity contribution >= 4 is 11.9 Å². The molecule has 0 amide bonds. The Labute approximate surface area is 57.0 Å². The topological polar surface area (TPSA) is 112 Å². The van der Waals surface area contributed by atoms with Gasteiger partial charge in [0.05, 0.1) is 0 Å². The lowest BCUT2D eigenvalue weighted by molar-refractivity contribution is -0.135. The SMILES string of the molecule is N#CNC(N)=NCC(=O)O. The minimum absolute atomic E-state index is 0.190. The van der Waals surface area contributed by atoms with Crippen molar-refractivity contribution in [2.45, 2.75) is 0 Å². The van der Waals surface area contributed by atoms with Gasteiger partial charge >= 0.3 is 5.97 Å². The van der Waals surface area contributed by atoms with Gasteiger partial charge in [-0.25, -0.2) is 4.99 Å². The highest BCUT2D eigenvalue weighted by Crippen LogP contribution is 1.68. The highest BCUT2D eigenvalue weighted by Gasteiger charge is 1.93. The summed E-state index contributed by atoms with van der Waals surface area (Å²) in [5, 5.41) is 18.0. The van der Waals surface area contributed by atoms with Crippen LogP contribution in [0.25, 0.3) is 0 Å². The second-order valence-corrected chi connectivity index (χ2v) is 1.33. The van der Waals surface area contributed by atoms with Crippen molar-refractivity contribution < 1.29 is 9.90 Å². The molecule has 0 aromatic rings. The van der Waals surface area contributed by atoms with Gasteiger partial charge in [0.1, 0.15) is 6.54 Å². The van der Waals surface area contributed by atoms with Gasteiger partial charge in [-0.05, 0) is 0 Å². The highest BCUT2D eigenvalue weighted by atomic mass is 16.4. The molecule has 0 aromatic carbocycles. The molecule has 0 aliphatic heterocycles. The first kappa shape index (κ1) is 8.23. The molecule has 0 fully saturated rings. The maximum absolute atomic E-state index is 9.83. The zero-order valence-corrected chi connectivity index (χ0v) is 5.03. The predicted octanol–water partition coefficient (Wildman–Crippen LogP) is -1.54. The van der Waals surface area contributed by atoms with Crippen molar-refractivity contribution in [1.82, 2.24) is 5.32 Å². The van der Waals surface area contributed by atoms with Crippen molar-refractivity contribution in [3.05, 3.63) is 0 Å². The molecule has 0 aromatic heterocycles. The summed E-state index contributed by atoms with van der Waals surface area (Å²) in [5.74, 6) is -1.28. The average molecular weight is 142 g/mol. The molecule has 54 valence electrons. The molecule has 0 saturated carbocycles. The molecule has 4 N–H and O–H groups in total. The summed E-state index contributed by atoms with van der Waals surface area (Å²) >= 11 is 0. The smallest absolute Gasteiger partial charge is 0.325 e. The summed E-state index contributed by atoms with van der Waals surface area (Å²) in [6.07, 6.45) is 1.49. The number of carbonyl (C=O) groups is 1. The zero-order valence-electron chi connectivity index (χ0n) is 5.03. The second kappa shape index (κ2) is 4.14. The Morgan fingerprint density at radius 1 is 1.90 bits per heavy atom. The molecule has 6 heteroatoms. The fourth-order valence-electron chi connectivity index (χ4n) is 0.250. The van der Waals surface area contributed by atoms with Crippen LogP contribution in [-0.2, 0) is 4.79 Å². The van der Waals surface area contributed by atoms with Crippen LogP contribution in [0.2, 0.25) is 0 Å². The number of hydrogen-bond donors (Lipinski definition) is 3. The molecule has 0 rings (SSSR count). The van der Waals surface area contributed by atoms with E-state index in [4.69, 9.17) is 16.1 Å². The van der Waals surface area contributed by atoms with Crippen LogP contribution in [0.3, 0.4) is 0 Å². The molecule has 0 radical (unpaired) electrons. The first-order valence-corrected chi connectivity index (χ1v) is 2.33. The van der Waals surface area contributed by atoms with Crippen LogP contribution in [0, 0.1) is 11.5 Å². The second-order valence-electron chi connectivity index (χ2n) is 1.33. The van der Waals surface area contributed by atoms with E-state index in [1.165, 1.54) is 6.19 Å². The lowest BCUT2D eigenvalue weighted by atomic mass is 10.7. The van der Waals surface area contributed by atoms with E-state index in [0.29, 0.717) is 0 Å². The Balaban J connectivity index is 3.71. The lowest BCUT2D eigenvalue weighted by Gasteiger charge is -1.91. The van der Waals surface area contributed by atoms with E-state index in [-0.39, 0.29) is 5.96 Å². The van der Waals surface area contributed by atoms with Gasteiger partial charge in [-0.3, -0.25) is 10.1 Å². The molecule has 0 heterocycles. The summed E-state index contributed by atoms with van der Waals surface area (Å²) in [5.41, 5.74) is 4.99.